The number of aromatic nitrogens is 5. The van der Waals surface area contributed by atoms with Crippen LogP contribution >= 0.6 is 0 Å². The van der Waals surface area contributed by atoms with Gasteiger partial charge in [0, 0.05) is 24.1 Å². The summed E-state index contributed by atoms with van der Waals surface area (Å²) in [4.78, 5) is 34.4. The molecule has 0 saturated heterocycles. The van der Waals surface area contributed by atoms with Crippen LogP contribution in [-0.4, -0.2) is 43.0 Å². The summed E-state index contributed by atoms with van der Waals surface area (Å²) in [5.74, 6) is -1.10. The molecule has 4 aromatic rings. The lowest BCUT2D eigenvalue weighted by Gasteiger charge is -2.32. The highest BCUT2D eigenvalue weighted by atomic mass is 19.1. The molecule has 5 rings (SSSR count). The van der Waals surface area contributed by atoms with Crippen LogP contribution < -0.4 is 10.2 Å². The number of pyridine rings is 1. The second kappa shape index (κ2) is 11.3. The topological polar surface area (TPSA) is 106 Å². The Kier molecular flexibility index (Phi) is 7.48. The highest BCUT2D eigenvalue weighted by Crippen LogP contribution is 2.30. The molecule has 1 aliphatic carbocycles. The van der Waals surface area contributed by atoms with E-state index in [0.29, 0.717) is 11.3 Å². The Hall–Kier alpha value is -4.47. The number of rotatable bonds is 8. The number of nitrogens with zero attached hydrogens (tertiary/aromatic N) is 6. The van der Waals surface area contributed by atoms with Gasteiger partial charge in [-0.2, -0.15) is 4.80 Å². The van der Waals surface area contributed by atoms with Crippen LogP contribution in [0.25, 0.3) is 11.4 Å². The van der Waals surface area contributed by atoms with Crippen molar-refractivity contribution < 1.29 is 14.0 Å². The van der Waals surface area contributed by atoms with Gasteiger partial charge in [-0.1, -0.05) is 37.1 Å². The number of hydrogen-bond donors (Lipinski definition) is 1. The fraction of sp³-hybridized carbons (Fsp3) is 0.286. The van der Waals surface area contributed by atoms with Crippen molar-refractivity contribution in [1.82, 2.24) is 30.5 Å². The van der Waals surface area contributed by atoms with E-state index in [1.807, 2.05) is 25.1 Å². The van der Waals surface area contributed by atoms with Gasteiger partial charge in [0.1, 0.15) is 18.4 Å². The number of benzene rings is 2. The van der Waals surface area contributed by atoms with Crippen LogP contribution in [0, 0.1) is 12.7 Å². The molecule has 1 fully saturated rings. The normalized spacial score (nSPS) is 14.3. The molecule has 38 heavy (non-hydrogen) atoms. The number of halogens is 1. The molecule has 2 aromatic carbocycles. The van der Waals surface area contributed by atoms with Crippen molar-refractivity contribution in [3.63, 3.8) is 0 Å². The molecular weight excluding hydrogens is 485 g/mol. The second-order valence-corrected chi connectivity index (χ2v) is 9.40. The van der Waals surface area contributed by atoms with Crippen molar-refractivity contribution in [3.05, 3.63) is 90.0 Å². The van der Waals surface area contributed by atoms with E-state index in [9.17, 15) is 14.0 Å². The third kappa shape index (κ3) is 5.59. The van der Waals surface area contributed by atoms with Gasteiger partial charge in [0.15, 0.2) is 0 Å². The summed E-state index contributed by atoms with van der Waals surface area (Å²) in [6.45, 7) is 1.62. The van der Waals surface area contributed by atoms with Gasteiger partial charge in [0.25, 0.3) is 5.91 Å². The number of carbonyl (C=O) groups is 2. The van der Waals surface area contributed by atoms with Crippen molar-refractivity contribution in [2.45, 2.75) is 51.2 Å². The van der Waals surface area contributed by atoms with Gasteiger partial charge in [0.05, 0.1) is 5.56 Å². The SMILES string of the molecule is Cc1cccc(N(C(=O)Cn2nnc(-c3ccccc3F)n2)C(C(=O)NC2CCCC2)c2ccncc2)c1. The van der Waals surface area contributed by atoms with Crippen molar-refractivity contribution in [3.8, 4) is 11.4 Å². The van der Waals surface area contributed by atoms with Gasteiger partial charge in [-0.25, -0.2) is 4.39 Å². The summed E-state index contributed by atoms with van der Waals surface area (Å²) >= 11 is 0. The number of hydrogen-bond acceptors (Lipinski definition) is 6. The molecule has 0 bridgehead atoms. The summed E-state index contributed by atoms with van der Waals surface area (Å²) in [6.07, 6.45) is 7.15. The number of amides is 2. The Morgan fingerprint density at radius 2 is 1.84 bits per heavy atom. The molecule has 194 valence electrons. The highest BCUT2D eigenvalue weighted by Gasteiger charge is 2.34. The fourth-order valence-electron chi connectivity index (χ4n) is 4.79. The van der Waals surface area contributed by atoms with Crippen molar-refractivity contribution >= 4 is 17.5 Å². The average Bonchev–Trinajstić information content (AvgIpc) is 3.60. The molecule has 2 aromatic heterocycles. The summed E-state index contributed by atoms with van der Waals surface area (Å²) in [6, 6.07) is 16.1. The van der Waals surface area contributed by atoms with Gasteiger partial charge in [-0.3, -0.25) is 19.5 Å². The number of aryl methyl sites for hydroxylation is 1. The van der Waals surface area contributed by atoms with Crippen molar-refractivity contribution in [2.24, 2.45) is 0 Å². The number of nitrogens with one attached hydrogen (secondary N) is 1. The predicted molar refractivity (Wildman–Crippen MR) is 139 cm³/mol. The maximum atomic E-state index is 14.2. The van der Waals surface area contributed by atoms with Crippen molar-refractivity contribution in [1.29, 1.82) is 0 Å². The third-order valence-corrected chi connectivity index (χ3v) is 6.62. The Balaban J connectivity index is 1.50. The highest BCUT2D eigenvalue weighted by molar-refractivity contribution is 6.01. The molecule has 1 saturated carbocycles. The molecule has 1 N–H and O–H groups in total. The minimum Gasteiger partial charge on any atom is -0.351 e. The first kappa shape index (κ1) is 25.2. The molecular formula is C28H28FN7O2. The second-order valence-electron chi connectivity index (χ2n) is 9.40. The molecule has 0 spiro atoms. The summed E-state index contributed by atoms with van der Waals surface area (Å²) in [5.41, 5.74) is 2.31. The van der Waals surface area contributed by atoms with E-state index in [1.165, 1.54) is 11.0 Å². The smallest absolute Gasteiger partial charge is 0.251 e. The summed E-state index contributed by atoms with van der Waals surface area (Å²) < 4.78 is 14.2. The van der Waals surface area contributed by atoms with Gasteiger partial charge in [-0.05, 0) is 72.5 Å². The standard InChI is InChI=1S/C28H28FN7O2/c1-19-7-6-10-22(17-19)36(25(37)18-35-33-27(32-34-35)23-11-4-5-12-24(23)29)26(20-13-15-30-16-14-20)28(38)31-21-8-2-3-9-21/h4-7,10-17,21,26H,2-3,8-9,18H2,1H3,(H,31,38). The summed E-state index contributed by atoms with van der Waals surface area (Å²) in [5, 5.41) is 15.3. The molecule has 2 heterocycles. The maximum Gasteiger partial charge on any atom is 0.251 e. The Morgan fingerprint density at radius 3 is 2.58 bits per heavy atom. The molecule has 0 radical (unpaired) electrons. The quantitative estimate of drug-likeness (QED) is 0.382. The van der Waals surface area contributed by atoms with E-state index in [0.717, 1.165) is 36.0 Å². The molecule has 2 amide bonds. The van der Waals surface area contributed by atoms with Crippen LogP contribution in [0.1, 0.15) is 42.9 Å². The maximum absolute atomic E-state index is 14.2. The number of carbonyl (C=O) groups excluding carboxylic acids is 2. The first-order chi connectivity index (χ1) is 18.5. The Bertz CT molecular complexity index is 1420. The van der Waals surface area contributed by atoms with Crippen LogP contribution in [-0.2, 0) is 16.1 Å². The van der Waals surface area contributed by atoms with E-state index >= 15 is 0 Å². The molecule has 1 aliphatic rings. The zero-order chi connectivity index (χ0) is 26.5. The zero-order valence-corrected chi connectivity index (χ0v) is 21.0. The Morgan fingerprint density at radius 1 is 1.08 bits per heavy atom. The molecule has 10 heteroatoms. The molecule has 9 nitrogen and oxygen atoms in total. The average molecular weight is 514 g/mol. The van der Waals surface area contributed by atoms with Gasteiger partial charge in [-0.15, -0.1) is 10.2 Å². The van der Waals surface area contributed by atoms with Gasteiger partial charge < -0.3 is 5.32 Å². The molecule has 0 aliphatic heterocycles. The lowest BCUT2D eigenvalue weighted by atomic mass is 10.0. The van der Waals surface area contributed by atoms with Crippen LogP contribution in [0.15, 0.2) is 73.1 Å². The first-order valence-corrected chi connectivity index (χ1v) is 12.6. The number of tetrazole rings is 1. The Labute approximate surface area is 219 Å². The van der Waals surface area contributed by atoms with Crippen LogP contribution in [0.2, 0.25) is 0 Å². The lowest BCUT2D eigenvalue weighted by Crippen LogP contribution is -2.47. The summed E-state index contributed by atoms with van der Waals surface area (Å²) in [7, 11) is 0. The number of anilines is 1. The first-order valence-electron chi connectivity index (χ1n) is 12.6. The fourth-order valence-corrected chi connectivity index (χ4v) is 4.79. The van der Waals surface area contributed by atoms with Crippen LogP contribution in [0.4, 0.5) is 10.1 Å². The van der Waals surface area contributed by atoms with Crippen LogP contribution in [0.5, 0.6) is 0 Å². The van der Waals surface area contributed by atoms with E-state index in [2.05, 4.69) is 25.7 Å². The predicted octanol–water partition coefficient (Wildman–Crippen LogP) is 4.02. The van der Waals surface area contributed by atoms with Crippen LogP contribution in [0.3, 0.4) is 0 Å². The van der Waals surface area contributed by atoms with E-state index in [-0.39, 0.29) is 29.9 Å². The van der Waals surface area contributed by atoms with Gasteiger partial charge >= 0.3 is 0 Å². The minimum atomic E-state index is -0.942. The zero-order valence-electron chi connectivity index (χ0n) is 21.0. The minimum absolute atomic E-state index is 0.0709. The lowest BCUT2D eigenvalue weighted by molar-refractivity contribution is -0.127. The van der Waals surface area contributed by atoms with E-state index in [1.54, 1.807) is 48.8 Å². The third-order valence-electron chi connectivity index (χ3n) is 6.62. The van der Waals surface area contributed by atoms with E-state index in [4.69, 9.17) is 0 Å². The van der Waals surface area contributed by atoms with E-state index < -0.39 is 17.8 Å². The molecule has 1 atom stereocenters. The van der Waals surface area contributed by atoms with Gasteiger partial charge in [0.2, 0.25) is 11.7 Å². The molecule has 1 unspecified atom stereocenters. The van der Waals surface area contributed by atoms with Crippen molar-refractivity contribution in [2.75, 3.05) is 4.90 Å². The monoisotopic (exact) mass is 513 g/mol. The largest absolute Gasteiger partial charge is 0.351 e.